The lowest BCUT2D eigenvalue weighted by Crippen LogP contribution is -2.20. The largest absolute Gasteiger partial charge is 0.478 e. The minimum atomic E-state index is -0.996. The second kappa shape index (κ2) is 3.32. The lowest BCUT2D eigenvalue weighted by molar-refractivity contribution is 0.0690. The van der Waals surface area contributed by atoms with Crippen molar-refractivity contribution in [1.29, 1.82) is 0 Å². The first-order chi connectivity index (χ1) is 8.09. The molecule has 1 aromatic rings. The first-order valence-corrected chi connectivity index (χ1v) is 5.78. The van der Waals surface area contributed by atoms with Crippen LogP contribution in [0.3, 0.4) is 0 Å². The Morgan fingerprint density at radius 3 is 2.94 bits per heavy atom. The van der Waals surface area contributed by atoms with E-state index >= 15 is 0 Å². The van der Waals surface area contributed by atoms with Crippen LogP contribution in [0.5, 0.6) is 0 Å². The zero-order valence-corrected chi connectivity index (χ0v) is 9.56. The van der Waals surface area contributed by atoms with Crippen molar-refractivity contribution in [2.24, 2.45) is 5.92 Å². The van der Waals surface area contributed by atoms with E-state index in [2.05, 4.69) is 0 Å². The molecule has 0 spiro atoms. The number of allylic oxidation sites excluding steroid dienone is 1. The van der Waals surface area contributed by atoms with Gasteiger partial charge >= 0.3 is 5.97 Å². The Kier molecular flexibility index (Phi) is 2.02. The highest BCUT2D eigenvalue weighted by molar-refractivity contribution is 6.09. The fraction of sp³-hybridized carbons (Fsp3) is 0.385. The van der Waals surface area contributed by atoms with Crippen LogP contribution in [0.25, 0.3) is 6.08 Å². The van der Waals surface area contributed by atoms with E-state index in [-0.39, 0.29) is 11.3 Å². The highest BCUT2D eigenvalue weighted by Crippen LogP contribution is 2.35. The zero-order valence-electron chi connectivity index (χ0n) is 9.56. The first-order valence-electron chi connectivity index (χ1n) is 5.78. The predicted molar refractivity (Wildman–Crippen MR) is 62.2 cm³/mol. The van der Waals surface area contributed by atoms with Gasteiger partial charge in [0.1, 0.15) is 0 Å². The van der Waals surface area contributed by atoms with Gasteiger partial charge < -0.3 is 9.67 Å². The van der Waals surface area contributed by atoms with Crippen LogP contribution in [-0.4, -0.2) is 21.4 Å². The molecule has 0 saturated heterocycles. The van der Waals surface area contributed by atoms with Gasteiger partial charge in [0.25, 0.3) is 0 Å². The normalized spacial score (nSPS) is 21.5. The number of rotatable bonds is 1. The SMILES string of the molecule is CC1CC(=O)c2c(C(=O)O)c3n(c2C1)CC=C3. The van der Waals surface area contributed by atoms with Crippen molar-refractivity contribution in [2.75, 3.05) is 0 Å². The van der Waals surface area contributed by atoms with E-state index in [4.69, 9.17) is 0 Å². The molecule has 0 aromatic carbocycles. The first kappa shape index (κ1) is 10.3. The van der Waals surface area contributed by atoms with Crippen LogP contribution in [0.2, 0.25) is 0 Å². The Morgan fingerprint density at radius 1 is 1.47 bits per heavy atom. The maximum atomic E-state index is 12.0. The number of hydrogen-bond acceptors (Lipinski definition) is 2. The highest BCUT2D eigenvalue weighted by Gasteiger charge is 2.34. The zero-order chi connectivity index (χ0) is 12.2. The average Bonchev–Trinajstić information content (AvgIpc) is 2.77. The number of ketones is 1. The van der Waals surface area contributed by atoms with Gasteiger partial charge in [-0.15, -0.1) is 0 Å². The van der Waals surface area contributed by atoms with E-state index in [0.29, 0.717) is 30.1 Å². The number of aromatic nitrogens is 1. The molecule has 0 radical (unpaired) electrons. The number of carbonyl (C=O) groups is 2. The molecule has 1 aliphatic heterocycles. The van der Waals surface area contributed by atoms with Gasteiger partial charge in [0.15, 0.2) is 5.78 Å². The third-order valence-corrected chi connectivity index (χ3v) is 3.54. The molecule has 1 aliphatic carbocycles. The van der Waals surface area contributed by atoms with Gasteiger partial charge in [-0.05, 0) is 18.4 Å². The van der Waals surface area contributed by atoms with Crippen LogP contribution in [-0.2, 0) is 13.0 Å². The minimum absolute atomic E-state index is 0.0218. The van der Waals surface area contributed by atoms with Crippen LogP contribution in [0.15, 0.2) is 6.08 Å². The molecule has 0 amide bonds. The van der Waals surface area contributed by atoms with Gasteiger partial charge in [-0.3, -0.25) is 4.79 Å². The molecule has 1 N–H and O–H groups in total. The molecular weight excluding hydrogens is 218 g/mol. The Morgan fingerprint density at radius 2 is 2.24 bits per heavy atom. The number of fused-ring (bicyclic) bond motifs is 3. The molecule has 1 unspecified atom stereocenters. The number of carboxylic acids is 1. The van der Waals surface area contributed by atoms with E-state index in [0.717, 1.165) is 12.1 Å². The minimum Gasteiger partial charge on any atom is -0.478 e. The summed E-state index contributed by atoms with van der Waals surface area (Å²) in [6.45, 7) is 2.72. The van der Waals surface area contributed by atoms with E-state index in [1.165, 1.54) is 0 Å². The molecule has 3 rings (SSSR count). The molecule has 1 aromatic heterocycles. The maximum Gasteiger partial charge on any atom is 0.338 e. The third kappa shape index (κ3) is 1.30. The van der Waals surface area contributed by atoms with Crippen LogP contribution >= 0.6 is 0 Å². The summed E-state index contributed by atoms with van der Waals surface area (Å²) in [6, 6.07) is 0. The Hall–Kier alpha value is -1.84. The fourth-order valence-electron chi connectivity index (χ4n) is 2.89. The van der Waals surface area contributed by atoms with Gasteiger partial charge in [0.2, 0.25) is 0 Å². The molecule has 4 nitrogen and oxygen atoms in total. The summed E-state index contributed by atoms with van der Waals surface area (Å²) in [4.78, 5) is 23.3. The summed E-state index contributed by atoms with van der Waals surface area (Å²) in [6.07, 6.45) is 5.00. The van der Waals surface area contributed by atoms with E-state index in [9.17, 15) is 14.7 Å². The van der Waals surface area contributed by atoms with Crippen molar-refractivity contribution in [3.63, 3.8) is 0 Å². The molecule has 4 heteroatoms. The number of nitrogens with zero attached hydrogens (tertiary/aromatic N) is 1. The van der Waals surface area contributed by atoms with Crippen molar-refractivity contribution in [3.8, 4) is 0 Å². The van der Waals surface area contributed by atoms with Crippen molar-refractivity contribution < 1.29 is 14.7 Å². The molecule has 0 bridgehead atoms. The van der Waals surface area contributed by atoms with E-state index in [1.54, 1.807) is 6.08 Å². The van der Waals surface area contributed by atoms with E-state index in [1.807, 2.05) is 17.6 Å². The molecule has 0 fully saturated rings. The Bertz CT molecular complexity index is 566. The summed E-state index contributed by atoms with van der Waals surface area (Å²) in [5.74, 6) is -0.716. The van der Waals surface area contributed by atoms with Gasteiger partial charge in [0, 0.05) is 18.7 Å². The summed E-state index contributed by atoms with van der Waals surface area (Å²) < 4.78 is 1.96. The predicted octanol–water partition coefficient (Wildman–Crippen LogP) is 1.98. The second-order valence-corrected chi connectivity index (χ2v) is 4.84. The van der Waals surface area contributed by atoms with Crippen molar-refractivity contribution in [1.82, 2.24) is 4.57 Å². The van der Waals surface area contributed by atoms with Gasteiger partial charge in [-0.25, -0.2) is 4.79 Å². The standard InChI is InChI=1S/C13H13NO3/c1-7-5-9-11(10(15)6-7)12(13(16)17)8-3-2-4-14(8)9/h2-3,7H,4-6H2,1H3,(H,16,17). The number of carbonyl (C=O) groups excluding carboxylic acids is 1. The molecule has 0 saturated carbocycles. The molecule has 1 atom stereocenters. The van der Waals surface area contributed by atoms with Gasteiger partial charge in [-0.1, -0.05) is 13.0 Å². The van der Waals surface area contributed by atoms with Crippen molar-refractivity contribution >= 4 is 17.8 Å². The summed E-state index contributed by atoms with van der Waals surface area (Å²) in [5.41, 5.74) is 2.25. The molecule has 2 heterocycles. The van der Waals surface area contributed by atoms with Crippen LogP contribution in [0.4, 0.5) is 0 Å². The smallest absolute Gasteiger partial charge is 0.338 e. The molecule has 17 heavy (non-hydrogen) atoms. The Labute approximate surface area is 98.6 Å². The van der Waals surface area contributed by atoms with E-state index < -0.39 is 5.97 Å². The maximum absolute atomic E-state index is 12.0. The second-order valence-electron chi connectivity index (χ2n) is 4.84. The number of carboxylic acid groups (broad SMARTS) is 1. The third-order valence-electron chi connectivity index (χ3n) is 3.54. The summed E-state index contributed by atoms with van der Waals surface area (Å²) >= 11 is 0. The summed E-state index contributed by atoms with van der Waals surface area (Å²) in [7, 11) is 0. The summed E-state index contributed by atoms with van der Waals surface area (Å²) in [5, 5.41) is 9.28. The molecular formula is C13H13NO3. The lowest BCUT2D eigenvalue weighted by Gasteiger charge is -2.19. The lowest BCUT2D eigenvalue weighted by atomic mass is 9.86. The van der Waals surface area contributed by atoms with Gasteiger partial charge in [0.05, 0.1) is 16.8 Å². The Balaban J connectivity index is 2.30. The topological polar surface area (TPSA) is 59.3 Å². The van der Waals surface area contributed by atoms with Crippen molar-refractivity contribution in [2.45, 2.75) is 26.3 Å². The van der Waals surface area contributed by atoms with Gasteiger partial charge in [-0.2, -0.15) is 0 Å². The fourth-order valence-corrected chi connectivity index (χ4v) is 2.89. The monoisotopic (exact) mass is 231 g/mol. The quantitative estimate of drug-likeness (QED) is 0.803. The molecule has 2 aliphatic rings. The number of Topliss-reactive ketones (excluding diaryl/α,β-unsaturated/α-hetero) is 1. The van der Waals surface area contributed by atoms with Crippen molar-refractivity contribution in [3.05, 3.63) is 28.6 Å². The van der Waals surface area contributed by atoms with Crippen LogP contribution in [0, 0.1) is 5.92 Å². The van der Waals surface area contributed by atoms with Crippen LogP contribution < -0.4 is 0 Å². The average molecular weight is 231 g/mol. The number of aromatic carboxylic acids is 1. The van der Waals surface area contributed by atoms with Crippen LogP contribution in [0.1, 0.15) is 45.4 Å². The highest BCUT2D eigenvalue weighted by atomic mass is 16.4. The number of hydrogen-bond donors (Lipinski definition) is 1. The molecule has 88 valence electrons.